The van der Waals surface area contributed by atoms with Crippen LogP contribution in [0.15, 0.2) is 36.5 Å². The van der Waals surface area contributed by atoms with E-state index in [0.29, 0.717) is 28.2 Å². The number of carboxylic acids is 1. The number of tetrazole rings is 1. The van der Waals surface area contributed by atoms with Crippen molar-refractivity contribution in [3.63, 3.8) is 0 Å². The summed E-state index contributed by atoms with van der Waals surface area (Å²) in [5, 5.41) is 26.8. The number of halogens is 2. The Bertz CT molecular complexity index is 1020. The van der Waals surface area contributed by atoms with Gasteiger partial charge in [0.2, 0.25) is 5.95 Å². The maximum absolute atomic E-state index is 9.00. The first-order chi connectivity index (χ1) is 15.0. The van der Waals surface area contributed by atoms with E-state index < -0.39 is 5.97 Å². The van der Waals surface area contributed by atoms with Crippen molar-refractivity contribution in [1.29, 1.82) is 0 Å². The monoisotopic (exact) mass is 464 g/mol. The summed E-state index contributed by atoms with van der Waals surface area (Å²) in [7, 11) is 0. The van der Waals surface area contributed by atoms with E-state index >= 15 is 0 Å². The van der Waals surface area contributed by atoms with Gasteiger partial charge in [0.1, 0.15) is 5.82 Å². The third-order valence-electron chi connectivity index (χ3n) is 4.35. The minimum atomic E-state index is -0.833. The number of piperazine rings is 1. The molecule has 0 saturated carbocycles. The molecule has 12 heteroatoms. The molecule has 10 nitrogen and oxygen atoms in total. The molecule has 3 aromatic rings. The van der Waals surface area contributed by atoms with Gasteiger partial charge in [0, 0.05) is 51.4 Å². The van der Waals surface area contributed by atoms with Crippen LogP contribution < -0.4 is 15.5 Å². The fraction of sp³-hybridized carbons (Fsp3) is 0.316. The summed E-state index contributed by atoms with van der Waals surface area (Å²) in [4.78, 5) is 15.9. The van der Waals surface area contributed by atoms with Crippen LogP contribution in [0, 0.1) is 0 Å². The molecule has 1 saturated heterocycles. The Balaban J connectivity index is 0.000000628. The second kappa shape index (κ2) is 10.9. The summed E-state index contributed by atoms with van der Waals surface area (Å²) < 4.78 is 1.54. The van der Waals surface area contributed by atoms with Gasteiger partial charge in [-0.25, -0.2) is 4.98 Å². The summed E-state index contributed by atoms with van der Waals surface area (Å²) >= 11 is 12.4. The molecule has 3 heterocycles. The lowest BCUT2D eigenvalue weighted by molar-refractivity contribution is -0.134. The predicted molar refractivity (Wildman–Crippen MR) is 119 cm³/mol. The minimum Gasteiger partial charge on any atom is -0.481 e. The number of rotatable bonds is 5. The summed E-state index contributed by atoms with van der Waals surface area (Å²) in [5.41, 5.74) is 1.69. The van der Waals surface area contributed by atoms with Crippen molar-refractivity contribution < 1.29 is 9.90 Å². The van der Waals surface area contributed by atoms with Gasteiger partial charge in [-0.05, 0) is 28.6 Å². The SMILES string of the molecule is CC(=O)O.Clc1cccc(-n2nnnc2NCc2cccnc2N2CCNCC2)c1Cl. The fourth-order valence-electron chi connectivity index (χ4n) is 3.02. The highest BCUT2D eigenvalue weighted by Gasteiger charge is 2.17. The highest BCUT2D eigenvalue weighted by Crippen LogP contribution is 2.29. The molecular formula is C19H22Cl2N8O2. The molecule has 0 atom stereocenters. The highest BCUT2D eigenvalue weighted by molar-refractivity contribution is 6.43. The molecule has 0 unspecified atom stereocenters. The molecule has 0 radical (unpaired) electrons. The molecular weight excluding hydrogens is 443 g/mol. The first kappa shape index (κ1) is 22.7. The third kappa shape index (κ3) is 6.03. The van der Waals surface area contributed by atoms with Gasteiger partial charge in [-0.2, -0.15) is 4.68 Å². The van der Waals surface area contributed by atoms with Gasteiger partial charge in [-0.1, -0.05) is 40.4 Å². The van der Waals surface area contributed by atoms with Crippen LogP contribution in [0.4, 0.5) is 11.8 Å². The van der Waals surface area contributed by atoms with Gasteiger partial charge in [-0.15, -0.1) is 0 Å². The Hall–Kier alpha value is -2.95. The number of benzene rings is 1. The number of carbonyl (C=O) groups is 1. The van der Waals surface area contributed by atoms with Gasteiger partial charge in [0.15, 0.2) is 0 Å². The normalized spacial score (nSPS) is 13.3. The van der Waals surface area contributed by atoms with Crippen molar-refractivity contribution in [1.82, 2.24) is 30.5 Å². The Morgan fingerprint density at radius 2 is 1.97 bits per heavy atom. The molecule has 0 aliphatic carbocycles. The maximum Gasteiger partial charge on any atom is 0.300 e. The lowest BCUT2D eigenvalue weighted by Gasteiger charge is -2.30. The molecule has 31 heavy (non-hydrogen) atoms. The molecule has 3 N–H and O–H groups in total. The number of aromatic nitrogens is 5. The fourth-order valence-corrected chi connectivity index (χ4v) is 3.40. The van der Waals surface area contributed by atoms with Gasteiger partial charge in [0.05, 0.1) is 15.7 Å². The Labute approximate surface area is 189 Å². The standard InChI is InChI=1S/C17H18Cl2N8.C2H4O2/c18-13-4-1-5-14(15(13)19)27-17(23-24-25-27)22-11-12-3-2-6-21-16(12)26-9-7-20-8-10-26;1-2(3)4/h1-6,20H,7-11H2,(H,22,23,25);1H3,(H,3,4). The smallest absolute Gasteiger partial charge is 0.300 e. The molecule has 164 valence electrons. The highest BCUT2D eigenvalue weighted by atomic mass is 35.5. The van der Waals surface area contributed by atoms with Crippen molar-refractivity contribution in [3.8, 4) is 5.69 Å². The third-order valence-corrected chi connectivity index (χ3v) is 5.16. The molecule has 0 amide bonds. The average Bonchev–Trinajstić information content (AvgIpc) is 3.23. The molecule has 0 bridgehead atoms. The number of hydrogen-bond acceptors (Lipinski definition) is 8. The number of nitrogens with one attached hydrogen (secondary N) is 2. The number of nitrogens with zero attached hydrogens (tertiary/aromatic N) is 6. The molecule has 1 aliphatic rings. The van der Waals surface area contributed by atoms with Crippen LogP contribution in [-0.2, 0) is 11.3 Å². The molecule has 4 rings (SSSR count). The number of anilines is 2. The van der Waals surface area contributed by atoms with Crippen LogP contribution in [0.3, 0.4) is 0 Å². The lowest BCUT2D eigenvalue weighted by atomic mass is 10.2. The molecule has 0 spiro atoms. The summed E-state index contributed by atoms with van der Waals surface area (Å²) in [6.45, 7) is 5.38. The quantitative estimate of drug-likeness (QED) is 0.522. The topological polar surface area (TPSA) is 121 Å². The van der Waals surface area contributed by atoms with Crippen molar-refractivity contribution in [2.45, 2.75) is 13.5 Å². The van der Waals surface area contributed by atoms with Gasteiger partial charge < -0.3 is 20.6 Å². The van der Waals surface area contributed by atoms with E-state index in [1.807, 2.05) is 18.3 Å². The van der Waals surface area contributed by atoms with Crippen molar-refractivity contribution in [2.75, 3.05) is 36.4 Å². The number of pyridine rings is 1. The molecule has 2 aromatic heterocycles. The summed E-state index contributed by atoms with van der Waals surface area (Å²) in [6.07, 6.45) is 1.82. The van der Waals surface area contributed by atoms with Crippen LogP contribution >= 0.6 is 23.2 Å². The largest absolute Gasteiger partial charge is 0.481 e. The van der Waals surface area contributed by atoms with Crippen molar-refractivity contribution in [2.24, 2.45) is 0 Å². The zero-order valence-corrected chi connectivity index (χ0v) is 18.3. The summed E-state index contributed by atoms with van der Waals surface area (Å²) in [6, 6.07) is 9.32. The van der Waals surface area contributed by atoms with E-state index in [0.717, 1.165) is 44.5 Å². The minimum absolute atomic E-state index is 0.400. The first-order valence-corrected chi connectivity index (χ1v) is 10.3. The van der Waals surface area contributed by atoms with E-state index in [1.165, 1.54) is 4.68 Å². The van der Waals surface area contributed by atoms with Crippen molar-refractivity contribution in [3.05, 3.63) is 52.1 Å². The Morgan fingerprint density at radius 3 is 2.71 bits per heavy atom. The van der Waals surface area contributed by atoms with Crippen LogP contribution in [0.2, 0.25) is 10.0 Å². The van der Waals surface area contributed by atoms with E-state index in [4.69, 9.17) is 33.1 Å². The summed E-state index contributed by atoms with van der Waals surface area (Å²) in [5.74, 6) is 0.626. The van der Waals surface area contributed by atoms with Gasteiger partial charge in [-0.3, -0.25) is 4.79 Å². The van der Waals surface area contributed by atoms with Crippen LogP contribution in [0.25, 0.3) is 5.69 Å². The molecule has 1 fully saturated rings. The van der Waals surface area contributed by atoms with E-state index in [-0.39, 0.29) is 0 Å². The van der Waals surface area contributed by atoms with E-state index in [1.54, 1.807) is 12.1 Å². The van der Waals surface area contributed by atoms with Gasteiger partial charge in [0.25, 0.3) is 5.97 Å². The van der Waals surface area contributed by atoms with Gasteiger partial charge >= 0.3 is 0 Å². The zero-order valence-electron chi connectivity index (χ0n) is 16.8. The van der Waals surface area contributed by atoms with E-state index in [2.05, 4.69) is 42.1 Å². The number of carboxylic acid groups (broad SMARTS) is 1. The Morgan fingerprint density at radius 1 is 1.23 bits per heavy atom. The predicted octanol–water partition coefficient (Wildman–Crippen LogP) is 2.48. The number of aliphatic carboxylic acids is 1. The first-order valence-electron chi connectivity index (χ1n) is 9.53. The Kier molecular flexibility index (Phi) is 7.99. The van der Waals surface area contributed by atoms with E-state index in [9.17, 15) is 0 Å². The van der Waals surface area contributed by atoms with Crippen LogP contribution in [0.5, 0.6) is 0 Å². The second-order valence-corrected chi connectivity index (χ2v) is 7.37. The average molecular weight is 465 g/mol. The van der Waals surface area contributed by atoms with Crippen molar-refractivity contribution >= 4 is 40.9 Å². The maximum atomic E-state index is 9.00. The second-order valence-electron chi connectivity index (χ2n) is 6.58. The lowest BCUT2D eigenvalue weighted by Crippen LogP contribution is -2.44. The molecule has 1 aliphatic heterocycles. The number of hydrogen-bond donors (Lipinski definition) is 3. The van der Waals surface area contributed by atoms with Crippen LogP contribution in [0.1, 0.15) is 12.5 Å². The zero-order chi connectivity index (χ0) is 22.2. The van der Waals surface area contributed by atoms with Crippen LogP contribution in [-0.4, -0.2) is 62.4 Å². The molecule has 1 aromatic carbocycles.